The van der Waals surface area contributed by atoms with E-state index in [4.69, 9.17) is 10.5 Å². The number of para-hydroxylation sites is 1. The van der Waals surface area contributed by atoms with Crippen LogP contribution in [-0.4, -0.2) is 11.6 Å². The number of anilines is 1. The Morgan fingerprint density at radius 3 is 2.76 bits per heavy atom. The molecule has 0 saturated heterocycles. The molecule has 1 aromatic carbocycles. The smallest absolute Gasteiger partial charge is 0.145 e. The van der Waals surface area contributed by atoms with Crippen LogP contribution in [0.5, 0.6) is 5.75 Å². The summed E-state index contributed by atoms with van der Waals surface area (Å²) < 4.78 is 5.59. The van der Waals surface area contributed by atoms with Crippen molar-refractivity contribution in [2.75, 3.05) is 12.3 Å². The number of hydrogen-bond donors (Lipinski definition) is 1. The quantitative estimate of drug-likeness (QED) is 0.879. The van der Waals surface area contributed by atoms with E-state index >= 15 is 0 Å². The molecule has 0 saturated carbocycles. The van der Waals surface area contributed by atoms with Crippen LogP contribution < -0.4 is 10.5 Å². The Morgan fingerprint density at radius 2 is 2.12 bits per heavy atom. The second-order valence-corrected chi connectivity index (χ2v) is 4.38. The van der Waals surface area contributed by atoms with Crippen LogP contribution in [0, 0.1) is 0 Å². The van der Waals surface area contributed by atoms with Crippen molar-refractivity contribution in [2.24, 2.45) is 0 Å². The van der Waals surface area contributed by atoms with E-state index in [1.165, 1.54) is 0 Å². The lowest BCUT2D eigenvalue weighted by atomic mass is 10.1. The van der Waals surface area contributed by atoms with Gasteiger partial charge in [-0.3, -0.25) is 0 Å². The van der Waals surface area contributed by atoms with E-state index in [1.807, 2.05) is 31.2 Å². The van der Waals surface area contributed by atoms with Crippen LogP contribution in [0.2, 0.25) is 0 Å². The molecule has 17 heavy (non-hydrogen) atoms. The van der Waals surface area contributed by atoms with Crippen molar-refractivity contribution in [1.29, 1.82) is 0 Å². The van der Waals surface area contributed by atoms with Gasteiger partial charge in [0, 0.05) is 16.8 Å². The number of pyridine rings is 1. The van der Waals surface area contributed by atoms with Gasteiger partial charge in [0.05, 0.1) is 6.61 Å². The van der Waals surface area contributed by atoms with Crippen molar-refractivity contribution in [3.63, 3.8) is 0 Å². The van der Waals surface area contributed by atoms with Crippen LogP contribution in [0.1, 0.15) is 32.4 Å². The number of rotatable bonds is 3. The van der Waals surface area contributed by atoms with Gasteiger partial charge in [0.1, 0.15) is 11.3 Å². The molecule has 0 fully saturated rings. The molecule has 90 valence electrons. The minimum atomic E-state index is 0.358. The summed E-state index contributed by atoms with van der Waals surface area (Å²) in [5, 5.41) is 0.959. The third-order valence-corrected chi connectivity index (χ3v) is 2.75. The average molecular weight is 230 g/mol. The summed E-state index contributed by atoms with van der Waals surface area (Å²) in [6, 6.07) is 7.80. The maximum absolute atomic E-state index is 6.06. The van der Waals surface area contributed by atoms with Crippen molar-refractivity contribution >= 4 is 16.6 Å². The van der Waals surface area contributed by atoms with Crippen molar-refractivity contribution in [3.05, 3.63) is 30.0 Å². The molecule has 0 unspecified atom stereocenters. The third-order valence-electron chi connectivity index (χ3n) is 2.75. The second-order valence-electron chi connectivity index (χ2n) is 4.38. The molecule has 2 rings (SSSR count). The Bertz CT molecular complexity index is 535. The van der Waals surface area contributed by atoms with Gasteiger partial charge in [-0.25, -0.2) is 4.98 Å². The molecule has 0 bridgehead atoms. The van der Waals surface area contributed by atoms with Crippen LogP contribution >= 0.6 is 0 Å². The SMILES string of the molecule is CCOc1cccc2c(N)cc(C(C)C)nc12. The van der Waals surface area contributed by atoms with Gasteiger partial charge < -0.3 is 10.5 Å². The fourth-order valence-corrected chi connectivity index (χ4v) is 1.84. The van der Waals surface area contributed by atoms with E-state index in [1.54, 1.807) is 0 Å². The number of aromatic nitrogens is 1. The normalized spacial score (nSPS) is 11.1. The van der Waals surface area contributed by atoms with E-state index in [2.05, 4.69) is 18.8 Å². The monoisotopic (exact) mass is 230 g/mol. The van der Waals surface area contributed by atoms with Gasteiger partial charge in [0.2, 0.25) is 0 Å². The molecule has 0 aliphatic carbocycles. The van der Waals surface area contributed by atoms with Crippen molar-refractivity contribution in [2.45, 2.75) is 26.7 Å². The fraction of sp³-hybridized carbons (Fsp3) is 0.357. The molecule has 0 atom stereocenters. The molecular weight excluding hydrogens is 212 g/mol. The summed E-state index contributed by atoms with van der Waals surface area (Å²) in [7, 11) is 0. The summed E-state index contributed by atoms with van der Waals surface area (Å²) >= 11 is 0. The highest BCUT2D eigenvalue weighted by Gasteiger charge is 2.10. The van der Waals surface area contributed by atoms with Crippen LogP contribution in [-0.2, 0) is 0 Å². The van der Waals surface area contributed by atoms with Crippen LogP contribution in [0.25, 0.3) is 10.9 Å². The highest BCUT2D eigenvalue weighted by molar-refractivity contribution is 5.94. The lowest BCUT2D eigenvalue weighted by Crippen LogP contribution is -2.00. The minimum absolute atomic E-state index is 0.358. The predicted molar refractivity (Wildman–Crippen MR) is 71.4 cm³/mol. The van der Waals surface area contributed by atoms with E-state index in [0.29, 0.717) is 12.5 Å². The molecule has 2 N–H and O–H groups in total. The number of benzene rings is 1. The molecule has 1 heterocycles. The number of nitrogens with two attached hydrogens (primary N) is 1. The second kappa shape index (κ2) is 4.62. The van der Waals surface area contributed by atoms with Gasteiger partial charge in [0.15, 0.2) is 0 Å². The van der Waals surface area contributed by atoms with Gasteiger partial charge >= 0.3 is 0 Å². The van der Waals surface area contributed by atoms with Gasteiger partial charge in [0.25, 0.3) is 0 Å². The first-order chi connectivity index (χ1) is 8.13. The summed E-state index contributed by atoms with van der Waals surface area (Å²) in [5.74, 6) is 1.16. The van der Waals surface area contributed by atoms with Crippen molar-refractivity contribution in [1.82, 2.24) is 4.98 Å². The van der Waals surface area contributed by atoms with E-state index in [9.17, 15) is 0 Å². The Labute approximate surface area is 102 Å². The molecule has 0 amide bonds. The molecule has 0 aliphatic heterocycles. The number of hydrogen-bond acceptors (Lipinski definition) is 3. The largest absolute Gasteiger partial charge is 0.492 e. The van der Waals surface area contributed by atoms with Crippen LogP contribution in [0.15, 0.2) is 24.3 Å². The first kappa shape index (κ1) is 11.7. The molecular formula is C14H18N2O. The Kier molecular flexibility index (Phi) is 3.18. The van der Waals surface area contributed by atoms with Gasteiger partial charge in [-0.05, 0) is 25.0 Å². The van der Waals surface area contributed by atoms with Gasteiger partial charge in [-0.15, -0.1) is 0 Å². The maximum Gasteiger partial charge on any atom is 0.145 e. The van der Waals surface area contributed by atoms with Crippen LogP contribution in [0.3, 0.4) is 0 Å². The van der Waals surface area contributed by atoms with E-state index in [0.717, 1.165) is 28.0 Å². The van der Waals surface area contributed by atoms with Gasteiger partial charge in [-0.1, -0.05) is 26.0 Å². The van der Waals surface area contributed by atoms with Crippen molar-refractivity contribution in [3.8, 4) is 5.75 Å². The summed E-state index contributed by atoms with van der Waals surface area (Å²) in [5.41, 5.74) is 8.69. The van der Waals surface area contributed by atoms with Gasteiger partial charge in [-0.2, -0.15) is 0 Å². The molecule has 0 radical (unpaired) electrons. The third kappa shape index (κ3) is 2.18. The van der Waals surface area contributed by atoms with Crippen molar-refractivity contribution < 1.29 is 4.74 Å². The first-order valence-corrected chi connectivity index (χ1v) is 5.95. The lowest BCUT2D eigenvalue weighted by Gasteiger charge is -2.12. The number of ether oxygens (including phenoxy) is 1. The Morgan fingerprint density at radius 1 is 1.35 bits per heavy atom. The van der Waals surface area contributed by atoms with E-state index in [-0.39, 0.29) is 0 Å². The molecule has 0 spiro atoms. The Hall–Kier alpha value is -1.77. The number of nitrogens with zero attached hydrogens (tertiary/aromatic N) is 1. The topological polar surface area (TPSA) is 48.1 Å². The average Bonchev–Trinajstić information content (AvgIpc) is 2.30. The summed E-state index contributed by atoms with van der Waals surface area (Å²) in [4.78, 5) is 4.65. The standard InChI is InChI=1S/C14H18N2O/c1-4-17-13-7-5-6-10-11(15)8-12(9(2)3)16-14(10)13/h5-9H,4H2,1-3H3,(H2,15,16). The van der Waals surface area contributed by atoms with Crippen LogP contribution in [0.4, 0.5) is 5.69 Å². The minimum Gasteiger partial charge on any atom is -0.492 e. The Balaban J connectivity index is 2.69. The fourth-order valence-electron chi connectivity index (χ4n) is 1.84. The summed E-state index contributed by atoms with van der Waals surface area (Å²) in [6.07, 6.45) is 0. The maximum atomic E-state index is 6.06. The van der Waals surface area contributed by atoms with E-state index < -0.39 is 0 Å². The first-order valence-electron chi connectivity index (χ1n) is 5.95. The highest BCUT2D eigenvalue weighted by Crippen LogP contribution is 2.30. The molecule has 3 nitrogen and oxygen atoms in total. The number of fused-ring (bicyclic) bond motifs is 1. The predicted octanol–water partition coefficient (Wildman–Crippen LogP) is 3.34. The molecule has 3 heteroatoms. The summed E-state index contributed by atoms with van der Waals surface area (Å²) in [6.45, 7) is 6.81. The molecule has 1 aromatic heterocycles. The molecule has 0 aliphatic rings. The highest BCUT2D eigenvalue weighted by atomic mass is 16.5. The zero-order valence-electron chi connectivity index (χ0n) is 10.5. The number of nitrogen functional groups attached to an aromatic ring is 1. The zero-order chi connectivity index (χ0) is 12.4. The molecule has 2 aromatic rings. The lowest BCUT2D eigenvalue weighted by molar-refractivity contribution is 0.343. The zero-order valence-corrected chi connectivity index (χ0v) is 10.5.